The number of hydrogen-bond donors (Lipinski definition) is 1. The first-order chi connectivity index (χ1) is 5.77. The van der Waals surface area contributed by atoms with Crippen LogP contribution in [0.3, 0.4) is 0 Å². The van der Waals surface area contributed by atoms with E-state index in [1.807, 2.05) is 24.3 Å². The fraction of sp³-hybridized carbons (Fsp3) is 0.300. The van der Waals surface area contributed by atoms with Crippen molar-refractivity contribution in [2.75, 3.05) is 0 Å². The van der Waals surface area contributed by atoms with Gasteiger partial charge in [-0.05, 0) is 6.42 Å². The summed E-state index contributed by atoms with van der Waals surface area (Å²) in [4.78, 5) is 10.0. The molecule has 12 heavy (non-hydrogen) atoms. The highest BCUT2D eigenvalue weighted by Crippen LogP contribution is 1.86. The third kappa shape index (κ3) is 8.69. The summed E-state index contributed by atoms with van der Waals surface area (Å²) in [5.74, 6) is -0.802. The molecule has 0 aliphatic carbocycles. The Bertz CT molecular complexity index is 200. The van der Waals surface area contributed by atoms with Crippen molar-refractivity contribution in [1.82, 2.24) is 0 Å². The Morgan fingerprint density at radius 2 is 1.75 bits per heavy atom. The SMILES string of the molecule is CC\C=C/C=C/C=C/CC(=O)O. The molecule has 0 aromatic carbocycles. The van der Waals surface area contributed by atoms with Gasteiger partial charge in [0.15, 0.2) is 0 Å². The van der Waals surface area contributed by atoms with Crippen LogP contribution in [0.25, 0.3) is 0 Å². The summed E-state index contributed by atoms with van der Waals surface area (Å²) in [6, 6.07) is 0. The number of hydrogen-bond acceptors (Lipinski definition) is 1. The fourth-order valence-electron chi connectivity index (χ4n) is 0.590. The first-order valence-electron chi connectivity index (χ1n) is 3.97. The molecule has 0 bridgehead atoms. The molecule has 0 amide bonds. The molecule has 0 aliphatic heterocycles. The molecule has 2 heteroatoms. The van der Waals surface area contributed by atoms with E-state index >= 15 is 0 Å². The summed E-state index contributed by atoms with van der Waals surface area (Å²) in [7, 11) is 0. The van der Waals surface area contributed by atoms with E-state index in [1.165, 1.54) is 0 Å². The van der Waals surface area contributed by atoms with Gasteiger partial charge in [-0.1, -0.05) is 43.4 Å². The number of carboxylic acid groups (broad SMARTS) is 1. The van der Waals surface area contributed by atoms with Crippen molar-refractivity contribution in [1.29, 1.82) is 0 Å². The molecule has 0 saturated carbocycles. The summed E-state index contributed by atoms with van der Waals surface area (Å²) in [6.07, 6.45) is 12.1. The van der Waals surface area contributed by atoms with Gasteiger partial charge in [-0.2, -0.15) is 0 Å². The number of rotatable bonds is 5. The maximum Gasteiger partial charge on any atom is 0.307 e. The number of carbonyl (C=O) groups is 1. The number of allylic oxidation sites excluding steroid dienone is 5. The van der Waals surface area contributed by atoms with Gasteiger partial charge in [-0.15, -0.1) is 0 Å². The molecular formula is C10H14O2. The van der Waals surface area contributed by atoms with E-state index in [-0.39, 0.29) is 6.42 Å². The number of carboxylic acids is 1. The lowest BCUT2D eigenvalue weighted by molar-refractivity contribution is -0.135. The first kappa shape index (κ1) is 10.7. The molecule has 0 fully saturated rings. The minimum Gasteiger partial charge on any atom is -0.481 e. The largest absolute Gasteiger partial charge is 0.481 e. The Labute approximate surface area is 72.9 Å². The van der Waals surface area contributed by atoms with Crippen LogP contribution in [-0.4, -0.2) is 11.1 Å². The minimum atomic E-state index is -0.802. The van der Waals surface area contributed by atoms with Crippen molar-refractivity contribution < 1.29 is 9.90 Å². The van der Waals surface area contributed by atoms with Crippen molar-refractivity contribution in [3.63, 3.8) is 0 Å². The van der Waals surface area contributed by atoms with E-state index in [2.05, 4.69) is 6.92 Å². The molecule has 0 unspecified atom stereocenters. The fourth-order valence-corrected chi connectivity index (χ4v) is 0.590. The Hall–Kier alpha value is -1.31. The van der Waals surface area contributed by atoms with E-state index in [4.69, 9.17) is 5.11 Å². The molecule has 66 valence electrons. The Kier molecular flexibility index (Phi) is 6.94. The van der Waals surface area contributed by atoms with Crippen LogP contribution >= 0.6 is 0 Å². The molecular weight excluding hydrogens is 152 g/mol. The molecule has 0 aromatic rings. The second-order valence-electron chi connectivity index (χ2n) is 2.25. The predicted molar refractivity (Wildman–Crippen MR) is 50.0 cm³/mol. The van der Waals surface area contributed by atoms with Crippen LogP contribution in [0.5, 0.6) is 0 Å². The summed E-state index contributed by atoms with van der Waals surface area (Å²) >= 11 is 0. The van der Waals surface area contributed by atoms with E-state index in [0.717, 1.165) is 6.42 Å². The zero-order chi connectivity index (χ0) is 9.23. The van der Waals surface area contributed by atoms with Crippen LogP contribution in [0.1, 0.15) is 19.8 Å². The van der Waals surface area contributed by atoms with Crippen LogP contribution in [0.2, 0.25) is 0 Å². The van der Waals surface area contributed by atoms with Crippen LogP contribution in [0, 0.1) is 0 Å². The Balaban J connectivity index is 3.52. The van der Waals surface area contributed by atoms with E-state index in [9.17, 15) is 4.79 Å². The monoisotopic (exact) mass is 166 g/mol. The molecule has 0 radical (unpaired) electrons. The average Bonchev–Trinajstić information content (AvgIpc) is 2.02. The van der Waals surface area contributed by atoms with Crippen molar-refractivity contribution in [2.45, 2.75) is 19.8 Å². The average molecular weight is 166 g/mol. The zero-order valence-corrected chi connectivity index (χ0v) is 7.23. The Morgan fingerprint density at radius 1 is 1.17 bits per heavy atom. The summed E-state index contributed by atoms with van der Waals surface area (Å²) in [5.41, 5.74) is 0. The van der Waals surface area contributed by atoms with Gasteiger partial charge in [0.1, 0.15) is 0 Å². The molecule has 0 spiro atoms. The van der Waals surface area contributed by atoms with Crippen molar-refractivity contribution >= 4 is 5.97 Å². The van der Waals surface area contributed by atoms with E-state index in [1.54, 1.807) is 12.2 Å². The van der Waals surface area contributed by atoms with Gasteiger partial charge in [0.2, 0.25) is 0 Å². The van der Waals surface area contributed by atoms with Crippen molar-refractivity contribution in [3.8, 4) is 0 Å². The molecule has 0 aliphatic rings. The van der Waals surface area contributed by atoms with Gasteiger partial charge in [0.05, 0.1) is 6.42 Å². The highest BCUT2D eigenvalue weighted by atomic mass is 16.4. The van der Waals surface area contributed by atoms with E-state index < -0.39 is 5.97 Å². The molecule has 0 rings (SSSR count). The first-order valence-corrected chi connectivity index (χ1v) is 3.97. The molecule has 0 heterocycles. The van der Waals surface area contributed by atoms with Gasteiger partial charge in [0.25, 0.3) is 0 Å². The lowest BCUT2D eigenvalue weighted by atomic mass is 10.3. The standard InChI is InChI=1S/C10H14O2/c1-2-3-4-5-6-7-8-9-10(11)12/h3-8H,2,9H2,1H3,(H,11,12)/b4-3-,6-5+,8-7+. The lowest BCUT2D eigenvalue weighted by Crippen LogP contribution is -1.89. The molecule has 1 N–H and O–H groups in total. The topological polar surface area (TPSA) is 37.3 Å². The van der Waals surface area contributed by atoms with Gasteiger partial charge in [0, 0.05) is 0 Å². The normalized spacial score (nSPS) is 12.1. The molecule has 2 nitrogen and oxygen atoms in total. The second-order valence-corrected chi connectivity index (χ2v) is 2.25. The molecule has 0 saturated heterocycles. The highest BCUT2D eigenvalue weighted by Gasteiger charge is 1.86. The van der Waals surface area contributed by atoms with Crippen LogP contribution in [0.4, 0.5) is 0 Å². The smallest absolute Gasteiger partial charge is 0.307 e. The second kappa shape index (κ2) is 7.79. The van der Waals surface area contributed by atoms with Gasteiger partial charge in [-0.25, -0.2) is 0 Å². The van der Waals surface area contributed by atoms with Crippen molar-refractivity contribution in [3.05, 3.63) is 36.5 Å². The molecule has 0 aromatic heterocycles. The maximum absolute atomic E-state index is 10.0. The lowest BCUT2D eigenvalue weighted by Gasteiger charge is -1.79. The van der Waals surface area contributed by atoms with Crippen LogP contribution < -0.4 is 0 Å². The highest BCUT2D eigenvalue weighted by molar-refractivity contribution is 5.68. The van der Waals surface area contributed by atoms with Gasteiger partial charge >= 0.3 is 5.97 Å². The minimum absolute atomic E-state index is 0.0852. The summed E-state index contributed by atoms with van der Waals surface area (Å²) in [5, 5.41) is 8.26. The van der Waals surface area contributed by atoms with Crippen molar-refractivity contribution in [2.24, 2.45) is 0 Å². The third-order valence-electron chi connectivity index (χ3n) is 1.13. The van der Waals surface area contributed by atoms with E-state index in [0.29, 0.717) is 0 Å². The van der Waals surface area contributed by atoms with Gasteiger partial charge in [-0.3, -0.25) is 4.79 Å². The summed E-state index contributed by atoms with van der Waals surface area (Å²) in [6.45, 7) is 2.06. The quantitative estimate of drug-likeness (QED) is 0.637. The van der Waals surface area contributed by atoms with Gasteiger partial charge < -0.3 is 5.11 Å². The van der Waals surface area contributed by atoms with Crippen LogP contribution in [-0.2, 0) is 4.79 Å². The summed E-state index contributed by atoms with van der Waals surface area (Å²) < 4.78 is 0. The maximum atomic E-state index is 10.0. The third-order valence-corrected chi connectivity index (χ3v) is 1.13. The molecule has 0 atom stereocenters. The van der Waals surface area contributed by atoms with Crippen LogP contribution in [0.15, 0.2) is 36.5 Å². The predicted octanol–water partition coefficient (Wildman–Crippen LogP) is 2.54. The zero-order valence-electron chi connectivity index (χ0n) is 7.23. The Morgan fingerprint density at radius 3 is 2.25 bits per heavy atom. The number of aliphatic carboxylic acids is 1.